The smallest absolute Gasteiger partial charge is 0.123 e. The molecule has 1 saturated heterocycles. The van der Waals surface area contributed by atoms with Gasteiger partial charge >= 0.3 is 0 Å². The summed E-state index contributed by atoms with van der Waals surface area (Å²) in [6.45, 7) is 6.83. The Hall–Kier alpha value is -1.42. The van der Waals surface area contributed by atoms with Crippen LogP contribution in [0.25, 0.3) is 0 Å². The molecule has 2 atom stereocenters. The second-order valence-electron chi connectivity index (χ2n) is 5.18. The molecule has 0 bridgehead atoms. The molecule has 0 radical (unpaired) electrons. The topological polar surface area (TPSA) is 47.7 Å². The maximum Gasteiger partial charge on any atom is 0.123 e. The molecule has 1 aliphatic heterocycles. The van der Waals surface area contributed by atoms with E-state index in [4.69, 9.17) is 15.2 Å². The number of rotatable bonds is 4. The minimum Gasteiger partial charge on any atom is -0.494 e. The summed E-state index contributed by atoms with van der Waals surface area (Å²) in [7, 11) is 1.79. The van der Waals surface area contributed by atoms with Crippen molar-refractivity contribution >= 4 is 11.4 Å². The Morgan fingerprint density at radius 1 is 1.37 bits per heavy atom. The first kappa shape index (κ1) is 14.0. The van der Waals surface area contributed by atoms with Gasteiger partial charge in [0.15, 0.2) is 0 Å². The summed E-state index contributed by atoms with van der Waals surface area (Å²) < 4.78 is 11.1. The van der Waals surface area contributed by atoms with Crippen LogP contribution in [0.5, 0.6) is 5.75 Å². The molecule has 0 saturated carbocycles. The zero-order valence-electron chi connectivity index (χ0n) is 12.1. The van der Waals surface area contributed by atoms with Crippen molar-refractivity contribution in [2.45, 2.75) is 26.4 Å². The standard InChI is InChI=1S/C15H24N2O2/c1-4-19-14-8-12(16)7-13(9-14)17-6-5-11(2)15(10-17)18-3/h7-9,11,15H,4-6,10,16H2,1-3H3. The summed E-state index contributed by atoms with van der Waals surface area (Å²) in [4.78, 5) is 2.33. The van der Waals surface area contributed by atoms with Gasteiger partial charge in [0.25, 0.3) is 0 Å². The molecule has 1 aliphatic rings. The van der Waals surface area contributed by atoms with Gasteiger partial charge in [-0.15, -0.1) is 0 Å². The predicted octanol–water partition coefficient (Wildman–Crippen LogP) is 2.53. The Kier molecular flexibility index (Phi) is 4.53. The number of benzene rings is 1. The van der Waals surface area contributed by atoms with E-state index in [1.165, 1.54) is 0 Å². The molecule has 0 aliphatic carbocycles. The third-order valence-corrected chi connectivity index (χ3v) is 3.78. The number of piperidine rings is 1. The Balaban J connectivity index is 2.17. The highest BCUT2D eigenvalue weighted by Gasteiger charge is 2.26. The fraction of sp³-hybridized carbons (Fsp3) is 0.600. The van der Waals surface area contributed by atoms with Crippen LogP contribution >= 0.6 is 0 Å². The molecule has 2 rings (SSSR count). The summed E-state index contributed by atoms with van der Waals surface area (Å²) in [5.41, 5.74) is 7.82. The summed E-state index contributed by atoms with van der Waals surface area (Å²) in [6.07, 6.45) is 1.42. The first-order valence-corrected chi connectivity index (χ1v) is 6.95. The molecule has 19 heavy (non-hydrogen) atoms. The highest BCUT2D eigenvalue weighted by atomic mass is 16.5. The van der Waals surface area contributed by atoms with Crippen molar-refractivity contribution in [3.63, 3.8) is 0 Å². The average Bonchev–Trinajstić information content (AvgIpc) is 2.39. The van der Waals surface area contributed by atoms with E-state index >= 15 is 0 Å². The molecule has 1 aromatic carbocycles. The van der Waals surface area contributed by atoms with Crippen molar-refractivity contribution in [1.29, 1.82) is 0 Å². The molecule has 4 nitrogen and oxygen atoms in total. The molecular formula is C15H24N2O2. The van der Waals surface area contributed by atoms with Crippen molar-refractivity contribution in [3.05, 3.63) is 18.2 Å². The fourth-order valence-corrected chi connectivity index (χ4v) is 2.61. The Bertz CT molecular complexity index is 423. The number of hydrogen-bond donors (Lipinski definition) is 1. The third-order valence-electron chi connectivity index (χ3n) is 3.78. The number of ether oxygens (including phenoxy) is 2. The van der Waals surface area contributed by atoms with E-state index in [1.54, 1.807) is 7.11 Å². The van der Waals surface area contributed by atoms with Crippen LogP contribution < -0.4 is 15.4 Å². The lowest BCUT2D eigenvalue weighted by Gasteiger charge is -2.37. The number of anilines is 2. The molecule has 0 spiro atoms. The quantitative estimate of drug-likeness (QED) is 0.849. The Labute approximate surface area is 115 Å². The number of nitrogens with two attached hydrogens (primary N) is 1. The van der Waals surface area contributed by atoms with Crippen molar-refractivity contribution in [2.75, 3.05) is 37.4 Å². The Morgan fingerprint density at radius 3 is 2.84 bits per heavy atom. The Morgan fingerprint density at radius 2 is 2.16 bits per heavy atom. The molecule has 1 heterocycles. The van der Waals surface area contributed by atoms with Crippen molar-refractivity contribution in [3.8, 4) is 5.75 Å². The third kappa shape index (κ3) is 3.32. The normalized spacial score (nSPS) is 23.4. The fourth-order valence-electron chi connectivity index (χ4n) is 2.61. The van der Waals surface area contributed by atoms with E-state index in [1.807, 2.05) is 19.1 Å². The number of methoxy groups -OCH3 is 1. The van der Waals surface area contributed by atoms with Gasteiger partial charge in [0.1, 0.15) is 5.75 Å². The van der Waals surface area contributed by atoms with E-state index in [0.717, 1.165) is 36.6 Å². The van der Waals surface area contributed by atoms with Crippen LogP contribution in [-0.4, -0.2) is 32.9 Å². The summed E-state index contributed by atoms with van der Waals surface area (Å²) in [6, 6.07) is 5.93. The van der Waals surface area contributed by atoms with Crippen LogP contribution in [0.15, 0.2) is 18.2 Å². The first-order valence-electron chi connectivity index (χ1n) is 6.95. The summed E-state index contributed by atoms with van der Waals surface area (Å²) in [5.74, 6) is 1.44. The largest absolute Gasteiger partial charge is 0.494 e. The number of nitrogens with zero attached hydrogens (tertiary/aromatic N) is 1. The van der Waals surface area contributed by atoms with Gasteiger partial charge < -0.3 is 20.1 Å². The maximum absolute atomic E-state index is 5.95. The molecule has 106 valence electrons. The molecular weight excluding hydrogens is 240 g/mol. The lowest BCUT2D eigenvalue weighted by Crippen LogP contribution is -2.43. The minimum atomic E-state index is 0.283. The first-order chi connectivity index (χ1) is 9.13. The summed E-state index contributed by atoms with van der Waals surface area (Å²) in [5, 5.41) is 0. The second-order valence-corrected chi connectivity index (χ2v) is 5.18. The van der Waals surface area contributed by atoms with Gasteiger partial charge in [0.05, 0.1) is 12.7 Å². The van der Waals surface area contributed by atoms with E-state index < -0.39 is 0 Å². The van der Waals surface area contributed by atoms with Crippen LogP contribution in [0.4, 0.5) is 11.4 Å². The minimum absolute atomic E-state index is 0.283. The van der Waals surface area contributed by atoms with Crippen LogP contribution in [0.1, 0.15) is 20.3 Å². The van der Waals surface area contributed by atoms with Gasteiger partial charge in [-0.3, -0.25) is 0 Å². The van der Waals surface area contributed by atoms with Gasteiger partial charge in [-0.05, 0) is 25.3 Å². The van der Waals surface area contributed by atoms with Crippen LogP contribution in [0.3, 0.4) is 0 Å². The van der Waals surface area contributed by atoms with Gasteiger partial charge in [0.2, 0.25) is 0 Å². The lowest BCUT2D eigenvalue weighted by molar-refractivity contribution is 0.0498. The maximum atomic E-state index is 5.95. The lowest BCUT2D eigenvalue weighted by atomic mass is 9.95. The van der Waals surface area contributed by atoms with Crippen LogP contribution in [0.2, 0.25) is 0 Å². The van der Waals surface area contributed by atoms with Crippen LogP contribution in [0, 0.1) is 5.92 Å². The molecule has 4 heteroatoms. The molecule has 2 N–H and O–H groups in total. The van der Waals surface area contributed by atoms with E-state index in [-0.39, 0.29) is 6.10 Å². The monoisotopic (exact) mass is 264 g/mol. The molecule has 1 aromatic rings. The second kappa shape index (κ2) is 6.15. The molecule has 0 amide bonds. The van der Waals surface area contributed by atoms with Gasteiger partial charge in [-0.25, -0.2) is 0 Å². The molecule has 0 aromatic heterocycles. The zero-order chi connectivity index (χ0) is 13.8. The summed E-state index contributed by atoms with van der Waals surface area (Å²) >= 11 is 0. The van der Waals surface area contributed by atoms with Crippen molar-refractivity contribution < 1.29 is 9.47 Å². The van der Waals surface area contributed by atoms with E-state index in [9.17, 15) is 0 Å². The SMILES string of the molecule is CCOc1cc(N)cc(N2CCC(C)C(OC)C2)c1. The molecule has 1 fully saturated rings. The number of nitrogen functional groups attached to an aromatic ring is 1. The highest BCUT2D eigenvalue weighted by Crippen LogP contribution is 2.29. The van der Waals surface area contributed by atoms with E-state index in [2.05, 4.69) is 17.9 Å². The van der Waals surface area contributed by atoms with Crippen molar-refractivity contribution in [2.24, 2.45) is 5.92 Å². The number of hydrogen-bond acceptors (Lipinski definition) is 4. The van der Waals surface area contributed by atoms with E-state index in [0.29, 0.717) is 12.5 Å². The van der Waals surface area contributed by atoms with Crippen molar-refractivity contribution in [1.82, 2.24) is 0 Å². The van der Waals surface area contributed by atoms with Crippen LogP contribution in [-0.2, 0) is 4.74 Å². The molecule has 2 unspecified atom stereocenters. The van der Waals surface area contributed by atoms with Gasteiger partial charge in [0, 0.05) is 43.7 Å². The zero-order valence-corrected chi connectivity index (χ0v) is 12.1. The highest BCUT2D eigenvalue weighted by molar-refractivity contribution is 5.60. The van der Waals surface area contributed by atoms with Gasteiger partial charge in [-0.1, -0.05) is 6.92 Å². The van der Waals surface area contributed by atoms with Gasteiger partial charge in [-0.2, -0.15) is 0 Å². The average molecular weight is 264 g/mol. The predicted molar refractivity (Wildman–Crippen MR) is 78.8 cm³/mol.